The number of carbonyl (C=O) groups is 1. The van der Waals surface area contributed by atoms with Crippen molar-refractivity contribution >= 4 is 5.91 Å². The van der Waals surface area contributed by atoms with Crippen LogP contribution in [0.15, 0.2) is 48.5 Å². The molecule has 134 valence electrons. The van der Waals surface area contributed by atoms with Crippen molar-refractivity contribution in [3.8, 4) is 17.2 Å². The standard InChI is InChI=1S/C19H23NO5/c1-3-24-17-6-4-5-7-18(17)25-13-19(22)20-12-16(21)14-8-10-15(23-2)11-9-14/h4-11,16,21H,3,12-13H2,1-2H3,(H,20,22). The Morgan fingerprint density at radius 2 is 1.72 bits per heavy atom. The molecular formula is C19H23NO5. The number of aliphatic hydroxyl groups is 1. The Labute approximate surface area is 147 Å². The van der Waals surface area contributed by atoms with Crippen LogP contribution in [0.3, 0.4) is 0 Å². The first-order valence-corrected chi connectivity index (χ1v) is 8.07. The highest BCUT2D eigenvalue weighted by Crippen LogP contribution is 2.26. The number of ether oxygens (including phenoxy) is 3. The van der Waals surface area contributed by atoms with E-state index in [1.54, 1.807) is 43.5 Å². The van der Waals surface area contributed by atoms with Gasteiger partial charge in [0.15, 0.2) is 18.1 Å². The number of methoxy groups -OCH3 is 1. The second kappa shape index (κ2) is 9.54. The molecule has 1 amide bonds. The molecule has 0 aliphatic rings. The predicted molar refractivity (Wildman–Crippen MR) is 94.1 cm³/mol. The van der Waals surface area contributed by atoms with Gasteiger partial charge in [-0.2, -0.15) is 0 Å². The minimum Gasteiger partial charge on any atom is -0.497 e. The lowest BCUT2D eigenvalue weighted by Crippen LogP contribution is -2.32. The Hall–Kier alpha value is -2.73. The van der Waals surface area contributed by atoms with Crippen molar-refractivity contribution in [2.45, 2.75) is 13.0 Å². The Balaban J connectivity index is 1.80. The first-order valence-electron chi connectivity index (χ1n) is 8.07. The highest BCUT2D eigenvalue weighted by atomic mass is 16.5. The number of amides is 1. The number of benzene rings is 2. The molecule has 1 unspecified atom stereocenters. The number of carbonyl (C=O) groups excluding carboxylic acids is 1. The molecule has 2 N–H and O–H groups in total. The molecular weight excluding hydrogens is 322 g/mol. The molecule has 0 aromatic heterocycles. The summed E-state index contributed by atoms with van der Waals surface area (Å²) in [5, 5.41) is 12.8. The molecule has 2 aromatic rings. The van der Waals surface area contributed by atoms with Crippen LogP contribution < -0.4 is 19.5 Å². The second-order valence-corrected chi connectivity index (χ2v) is 5.26. The van der Waals surface area contributed by atoms with E-state index in [2.05, 4.69) is 5.32 Å². The fourth-order valence-corrected chi connectivity index (χ4v) is 2.19. The summed E-state index contributed by atoms with van der Waals surface area (Å²) in [4.78, 5) is 11.9. The topological polar surface area (TPSA) is 77.0 Å². The molecule has 0 radical (unpaired) electrons. The summed E-state index contributed by atoms with van der Waals surface area (Å²) in [6.45, 7) is 2.34. The average Bonchev–Trinajstić information content (AvgIpc) is 2.65. The summed E-state index contributed by atoms with van der Waals surface area (Å²) in [5.41, 5.74) is 0.698. The molecule has 6 nitrogen and oxygen atoms in total. The number of hydrogen-bond acceptors (Lipinski definition) is 5. The van der Waals surface area contributed by atoms with E-state index in [9.17, 15) is 9.90 Å². The van der Waals surface area contributed by atoms with Gasteiger partial charge in [-0.15, -0.1) is 0 Å². The van der Waals surface area contributed by atoms with Gasteiger partial charge in [-0.3, -0.25) is 4.79 Å². The first kappa shape index (κ1) is 18.6. The van der Waals surface area contributed by atoms with E-state index in [0.717, 1.165) is 0 Å². The van der Waals surface area contributed by atoms with Crippen LogP contribution in [-0.2, 0) is 4.79 Å². The first-order chi connectivity index (χ1) is 12.1. The van der Waals surface area contributed by atoms with Gasteiger partial charge >= 0.3 is 0 Å². The van der Waals surface area contributed by atoms with Gasteiger partial charge in [0.2, 0.25) is 0 Å². The number of rotatable bonds is 9. The van der Waals surface area contributed by atoms with Crippen LogP contribution in [-0.4, -0.2) is 37.9 Å². The van der Waals surface area contributed by atoms with Crippen molar-refractivity contribution in [2.75, 3.05) is 26.9 Å². The number of aliphatic hydroxyl groups excluding tert-OH is 1. The largest absolute Gasteiger partial charge is 0.497 e. The van der Waals surface area contributed by atoms with Crippen molar-refractivity contribution in [1.82, 2.24) is 5.32 Å². The molecule has 0 saturated carbocycles. The van der Waals surface area contributed by atoms with E-state index in [1.165, 1.54) is 0 Å². The summed E-state index contributed by atoms with van der Waals surface area (Å²) in [7, 11) is 1.58. The molecule has 1 atom stereocenters. The lowest BCUT2D eigenvalue weighted by Gasteiger charge is -2.14. The zero-order valence-electron chi connectivity index (χ0n) is 14.4. The van der Waals surface area contributed by atoms with Gasteiger partial charge in [0, 0.05) is 6.54 Å². The van der Waals surface area contributed by atoms with Crippen molar-refractivity contribution < 1.29 is 24.1 Å². The monoisotopic (exact) mass is 345 g/mol. The molecule has 2 rings (SSSR count). The fraction of sp³-hybridized carbons (Fsp3) is 0.316. The van der Waals surface area contributed by atoms with E-state index in [1.807, 2.05) is 19.1 Å². The number of para-hydroxylation sites is 2. The number of hydrogen-bond donors (Lipinski definition) is 2. The van der Waals surface area contributed by atoms with Gasteiger partial charge in [0.05, 0.1) is 19.8 Å². The van der Waals surface area contributed by atoms with E-state index < -0.39 is 6.10 Å². The summed E-state index contributed by atoms with van der Waals surface area (Å²) in [5.74, 6) is 1.49. The van der Waals surface area contributed by atoms with Crippen LogP contribution in [0, 0.1) is 0 Å². The maximum Gasteiger partial charge on any atom is 0.258 e. The van der Waals surface area contributed by atoms with Crippen molar-refractivity contribution in [3.63, 3.8) is 0 Å². The maximum atomic E-state index is 11.9. The Kier molecular flexibility index (Phi) is 7.10. The second-order valence-electron chi connectivity index (χ2n) is 5.26. The summed E-state index contributed by atoms with van der Waals surface area (Å²) in [6.07, 6.45) is -0.800. The maximum absolute atomic E-state index is 11.9. The highest BCUT2D eigenvalue weighted by molar-refractivity contribution is 5.77. The quantitative estimate of drug-likeness (QED) is 0.729. The van der Waals surface area contributed by atoms with Gasteiger partial charge in [-0.1, -0.05) is 24.3 Å². The minimum absolute atomic E-state index is 0.0988. The third-order valence-electron chi connectivity index (χ3n) is 3.50. The van der Waals surface area contributed by atoms with Crippen LogP contribution in [0.2, 0.25) is 0 Å². The van der Waals surface area contributed by atoms with Gasteiger partial charge in [-0.05, 0) is 36.8 Å². The van der Waals surface area contributed by atoms with Crippen LogP contribution >= 0.6 is 0 Å². The highest BCUT2D eigenvalue weighted by Gasteiger charge is 2.11. The Bertz CT molecular complexity index is 672. The van der Waals surface area contributed by atoms with Gasteiger partial charge < -0.3 is 24.6 Å². The third kappa shape index (κ3) is 5.69. The molecule has 0 saturated heterocycles. The fourth-order valence-electron chi connectivity index (χ4n) is 2.19. The van der Waals surface area contributed by atoms with Gasteiger partial charge in [-0.25, -0.2) is 0 Å². The van der Waals surface area contributed by atoms with Gasteiger partial charge in [0.1, 0.15) is 5.75 Å². The predicted octanol–water partition coefficient (Wildman–Crippen LogP) is 2.32. The lowest BCUT2D eigenvalue weighted by molar-refractivity contribution is -0.123. The van der Waals surface area contributed by atoms with E-state index >= 15 is 0 Å². The van der Waals surface area contributed by atoms with E-state index in [0.29, 0.717) is 29.4 Å². The van der Waals surface area contributed by atoms with Crippen molar-refractivity contribution in [2.24, 2.45) is 0 Å². The molecule has 2 aromatic carbocycles. The van der Waals surface area contributed by atoms with Gasteiger partial charge in [0.25, 0.3) is 5.91 Å². The van der Waals surface area contributed by atoms with Crippen molar-refractivity contribution in [3.05, 3.63) is 54.1 Å². The van der Waals surface area contributed by atoms with Crippen LogP contribution in [0.5, 0.6) is 17.2 Å². The Morgan fingerprint density at radius 3 is 2.32 bits per heavy atom. The molecule has 25 heavy (non-hydrogen) atoms. The third-order valence-corrected chi connectivity index (χ3v) is 3.50. The molecule has 0 heterocycles. The lowest BCUT2D eigenvalue weighted by atomic mass is 10.1. The van der Waals surface area contributed by atoms with E-state index in [4.69, 9.17) is 14.2 Å². The minimum atomic E-state index is -0.800. The number of nitrogens with one attached hydrogen (secondary N) is 1. The summed E-state index contributed by atoms with van der Waals surface area (Å²) >= 11 is 0. The normalized spacial score (nSPS) is 11.5. The van der Waals surface area contributed by atoms with E-state index in [-0.39, 0.29) is 19.1 Å². The molecule has 0 bridgehead atoms. The average molecular weight is 345 g/mol. The van der Waals surface area contributed by atoms with Crippen LogP contribution in [0.4, 0.5) is 0 Å². The van der Waals surface area contributed by atoms with Crippen LogP contribution in [0.25, 0.3) is 0 Å². The summed E-state index contributed by atoms with van der Waals surface area (Å²) < 4.78 is 16.0. The molecule has 6 heteroatoms. The molecule has 0 fully saturated rings. The SMILES string of the molecule is CCOc1ccccc1OCC(=O)NCC(O)c1ccc(OC)cc1. The van der Waals surface area contributed by atoms with Crippen LogP contribution in [0.1, 0.15) is 18.6 Å². The molecule has 0 aliphatic carbocycles. The van der Waals surface area contributed by atoms with Crippen molar-refractivity contribution in [1.29, 1.82) is 0 Å². The molecule has 0 aliphatic heterocycles. The smallest absolute Gasteiger partial charge is 0.258 e. The Morgan fingerprint density at radius 1 is 1.08 bits per heavy atom. The molecule has 0 spiro atoms. The zero-order chi connectivity index (χ0) is 18.1. The zero-order valence-corrected chi connectivity index (χ0v) is 14.4. The summed E-state index contributed by atoms with van der Waals surface area (Å²) in [6, 6.07) is 14.2.